The summed E-state index contributed by atoms with van der Waals surface area (Å²) in [5, 5.41) is 0.517. The first kappa shape index (κ1) is 11.5. The minimum Gasteiger partial charge on any atom is -0.307 e. The molecule has 0 aliphatic rings. The van der Waals surface area contributed by atoms with Crippen molar-refractivity contribution in [3.8, 4) is 11.1 Å². The summed E-state index contributed by atoms with van der Waals surface area (Å²) in [4.78, 5) is 26.3. The number of hydrogen-bond donors (Lipinski definition) is 1. The highest BCUT2D eigenvalue weighted by atomic mass is 16.2. The number of hydrogen-bond acceptors (Lipinski definition) is 2. The Morgan fingerprint density at radius 3 is 2.42 bits per heavy atom. The average molecular weight is 252 g/mol. The van der Waals surface area contributed by atoms with Crippen molar-refractivity contribution in [1.82, 2.24) is 9.55 Å². The first-order valence-corrected chi connectivity index (χ1v) is 5.95. The van der Waals surface area contributed by atoms with Gasteiger partial charge in [-0.3, -0.25) is 9.36 Å². The van der Waals surface area contributed by atoms with E-state index in [-0.39, 0.29) is 5.56 Å². The van der Waals surface area contributed by atoms with E-state index < -0.39 is 5.69 Å². The van der Waals surface area contributed by atoms with E-state index in [2.05, 4.69) is 4.98 Å². The lowest BCUT2D eigenvalue weighted by molar-refractivity contribution is 0.794. The van der Waals surface area contributed by atoms with Crippen molar-refractivity contribution in [2.45, 2.75) is 0 Å². The number of benzene rings is 2. The van der Waals surface area contributed by atoms with E-state index in [9.17, 15) is 9.59 Å². The van der Waals surface area contributed by atoms with Gasteiger partial charge in [0, 0.05) is 7.05 Å². The maximum absolute atomic E-state index is 12.1. The van der Waals surface area contributed by atoms with E-state index in [0.717, 1.165) is 15.7 Å². The minimum atomic E-state index is -0.398. The average Bonchev–Trinajstić information content (AvgIpc) is 2.46. The van der Waals surface area contributed by atoms with Gasteiger partial charge in [-0.1, -0.05) is 36.4 Å². The molecule has 0 saturated heterocycles. The smallest absolute Gasteiger partial charge is 0.307 e. The van der Waals surface area contributed by atoms with Gasteiger partial charge >= 0.3 is 5.69 Å². The molecule has 19 heavy (non-hydrogen) atoms. The standard InChI is InChI=1S/C15H12N2O2/c1-17-14(18)12-9-11(10-5-3-2-4-6-10)7-8-13(12)16-15(17)19/h2-9H,1H3,(H,16,19). The molecule has 4 nitrogen and oxygen atoms in total. The zero-order valence-electron chi connectivity index (χ0n) is 10.4. The molecule has 0 spiro atoms. The summed E-state index contributed by atoms with van der Waals surface area (Å²) < 4.78 is 1.08. The molecule has 0 unspecified atom stereocenters. The molecule has 0 fully saturated rings. The molecular weight excluding hydrogens is 240 g/mol. The number of aromatic amines is 1. The van der Waals surface area contributed by atoms with Gasteiger partial charge in [0.1, 0.15) is 0 Å². The van der Waals surface area contributed by atoms with Crippen molar-refractivity contribution in [2.75, 3.05) is 0 Å². The van der Waals surface area contributed by atoms with Crippen LogP contribution in [0.15, 0.2) is 58.1 Å². The number of rotatable bonds is 1. The van der Waals surface area contributed by atoms with Crippen LogP contribution < -0.4 is 11.2 Å². The van der Waals surface area contributed by atoms with Crippen molar-refractivity contribution >= 4 is 10.9 Å². The number of aromatic nitrogens is 2. The van der Waals surface area contributed by atoms with Gasteiger partial charge in [0.15, 0.2) is 0 Å². The van der Waals surface area contributed by atoms with Crippen molar-refractivity contribution in [3.63, 3.8) is 0 Å². The Hall–Kier alpha value is -2.62. The Kier molecular flexibility index (Phi) is 2.56. The molecule has 2 aromatic carbocycles. The molecule has 0 atom stereocenters. The fourth-order valence-electron chi connectivity index (χ4n) is 2.11. The zero-order valence-corrected chi connectivity index (χ0v) is 10.4. The van der Waals surface area contributed by atoms with Gasteiger partial charge in [-0.25, -0.2) is 4.79 Å². The van der Waals surface area contributed by atoms with Crippen molar-refractivity contribution in [3.05, 3.63) is 69.4 Å². The van der Waals surface area contributed by atoms with E-state index in [1.54, 1.807) is 6.07 Å². The first-order chi connectivity index (χ1) is 9.16. The molecule has 1 aromatic heterocycles. The second-order valence-electron chi connectivity index (χ2n) is 4.42. The van der Waals surface area contributed by atoms with Crippen LogP contribution in [-0.2, 0) is 7.05 Å². The molecule has 3 rings (SSSR count). The van der Waals surface area contributed by atoms with Crippen LogP contribution in [0.5, 0.6) is 0 Å². The van der Waals surface area contributed by atoms with Crippen LogP contribution in [0.25, 0.3) is 22.0 Å². The zero-order chi connectivity index (χ0) is 13.4. The molecule has 94 valence electrons. The van der Waals surface area contributed by atoms with Gasteiger partial charge in [0.05, 0.1) is 10.9 Å². The SMILES string of the molecule is Cn1c(=O)[nH]c2ccc(-c3ccccc3)cc2c1=O. The van der Waals surface area contributed by atoms with Crippen molar-refractivity contribution in [1.29, 1.82) is 0 Å². The first-order valence-electron chi connectivity index (χ1n) is 5.95. The molecule has 0 bridgehead atoms. The van der Waals surface area contributed by atoms with Crippen LogP contribution in [0.3, 0.4) is 0 Å². The largest absolute Gasteiger partial charge is 0.328 e. The van der Waals surface area contributed by atoms with Crippen LogP contribution in [0, 0.1) is 0 Å². The number of H-pyrrole nitrogens is 1. The van der Waals surface area contributed by atoms with Gasteiger partial charge in [0.2, 0.25) is 0 Å². The lowest BCUT2D eigenvalue weighted by Crippen LogP contribution is -2.32. The Morgan fingerprint density at radius 2 is 1.68 bits per heavy atom. The number of nitrogens with one attached hydrogen (secondary N) is 1. The Morgan fingerprint density at radius 1 is 0.947 bits per heavy atom. The van der Waals surface area contributed by atoms with Gasteiger partial charge in [0.25, 0.3) is 5.56 Å². The van der Waals surface area contributed by atoms with Gasteiger partial charge < -0.3 is 4.98 Å². The van der Waals surface area contributed by atoms with E-state index in [4.69, 9.17) is 0 Å². The lowest BCUT2D eigenvalue weighted by atomic mass is 10.0. The van der Waals surface area contributed by atoms with Crippen LogP contribution >= 0.6 is 0 Å². The van der Waals surface area contributed by atoms with E-state index in [1.807, 2.05) is 42.5 Å². The highest BCUT2D eigenvalue weighted by molar-refractivity contribution is 5.83. The van der Waals surface area contributed by atoms with E-state index >= 15 is 0 Å². The summed E-state index contributed by atoms with van der Waals surface area (Å²) >= 11 is 0. The monoisotopic (exact) mass is 252 g/mol. The Balaban J connectivity index is 2.33. The van der Waals surface area contributed by atoms with Crippen LogP contribution in [0.4, 0.5) is 0 Å². The van der Waals surface area contributed by atoms with E-state index in [0.29, 0.717) is 10.9 Å². The molecule has 1 heterocycles. The van der Waals surface area contributed by atoms with Gasteiger partial charge in [-0.05, 0) is 23.3 Å². The predicted octanol–water partition coefficient (Wildman–Crippen LogP) is 1.89. The summed E-state index contributed by atoms with van der Waals surface area (Å²) in [5.41, 5.74) is 1.88. The third-order valence-electron chi connectivity index (χ3n) is 3.21. The summed E-state index contributed by atoms with van der Waals surface area (Å²) in [6, 6.07) is 15.3. The number of fused-ring (bicyclic) bond motifs is 1. The maximum Gasteiger partial charge on any atom is 0.328 e. The molecule has 0 aliphatic heterocycles. The quantitative estimate of drug-likeness (QED) is 0.719. The highest BCUT2D eigenvalue weighted by Crippen LogP contribution is 2.21. The molecule has 1 N–H and O–H groups in total. The van der Waals surface area contributed by atoms with Gasteiger partial charge in [-0.2, -0.15) is 0 Å². The molecule has 0 radical (unpaired) electrons. The summed E-state index contributed by atoms with van der Waals surface area (Å²) in [5.74, 6) is 0. The maximum atomic E-state index is 12.1. The molecule has 0 aliphatic carbocycles. The Bertz CT molecular complexity index is 861. The lowest BCUT2D eigenvalue weighted by Gasteiger charge is -2.04. The van der Waals surface area contributed by atoms with Gasteiger partial charge in [-0.15, -0.1) is 0 Å². The second-order valence-corrected chi connectivity index (χ2v) is 4.42. The minimum absolute atomic E-state index is 0.281. The summed E-state index contributed by atoms with van der Waals surface area (Å²) in [6.07, 6.45) is 0. The normalized spacial score (nSPS) is 10.8. The molecule has 4 heteroatoms. The molecular formula is C15H12N2O2. The fourth-order valence-corrected chi connectivity index (χ4v) is 2.11. The second kappa shape index (κ2) is 4.24. The third-order valence-corrected chi connectivity index (χ3v) is 3.21. The van der Waals surface area contributed by atoms with Crippen LogP contribution in [0.1, 0.15) is 0 Å². The van der Waals surface area contributed by atoms with Crippen LogP contribution in [0.2, 0.25) is 0 Å². The molecule has 0 saturated carbocycles. The van der Waals surface area contributed by atoms with E-state index in [1.165, 1.54) is 7.05 Å². The number of nitrogens with zero attached hydrogens (tertiary/aromatic N) is 1. The Labute approximate surface area is 109 Å². The molecule has 0 amide bonds. The highest BCUT2D eigenvalue weighted by Gasteiger charge is 2.06. The van der Waals surface area contributed by atoms with Crippen molar-refractivity contribution < 1.29 is 0 Å². The third kappa shape index (κ3) is 1.87. The summed E-state index contributed by atoms with van der Waals surface area (Å²) in [6.45, 7) is 0. The van der Waals surface area contributed by atoms with Crippen LogP contribution in [-0.4, -0.2) is 9.55 Å². The fraction of sp³-hybridized carbons (Fsp3) is 0.0667. The topological polar surface area (TPSA) is 54.9 Å². The summed E-state index contributed by atoms with van der Waals surface area (Å²) in [7, 11) is 1.47. The molecule has 3 aromatic rings. The van der Waals surface area contributed by atoms with Crippen molar-refractivity contribution in [2.24, 2.45) is 7.05 Å². The predicted molar refractivity (Wildman–Crippen MR) is 75.2 cm³/mol.